The van der Waals surface area contributed by atoms with Crippen molar-refractivity contribution in [3.63, 3.8) is 0 Å². The zero-order chi connectivity index (χ0) is 17.9. The lowest BCUT2D eigenvalue weighted by Gasteiger charge is -2.33. The summed E-state index contributed by atoms with van der Waals surface area (Å²) in [6.45, 7) is 0.247. The second kappa shape index (κ2) is 7.30. The third-order valence-corrected chi connectivity index (χ3v) is 5.49. The molecule has 25 heavy (non-hydrogen) atoms. The molecule has 1 aromatic carbocycles. The van der Waals surface area contributed by atoms with Crippen LogP contribution in [-0.2, 0) is 23.1 Å². The summed E-state index contributed by atoms with van der Waals surface area (Å²) in [6, 6.07) is 8.16. The van der Waals surface area contributed by atoms with Gasteiger partial charge in [-0.05, 0) is 30.9 Å². The van der Waals surface area contributed by atoms with E-state index in [9.17, 15) is 14.7 Å². The maximum absolute atomic E-state index is 12.3. The molecule has 0 atom stereocenters. The number of fused-ring (bicyclic) bond motifs is 1. The SMILES string of the molecule is Cn1cc(CCC(=O)NCC2(C(=O)O)CCCCC2)c2ccccc21. The van der Waals surface area contributed by atoms with Crippen molar-refractivity contribution in [1.29, 1.82) is 0 Å². The molecule has 1 aliphatic rings. The van der Waals surface area contributed by atoms with E-state index in [1.165, 1.54) is 5.39 Å². The van der Waals surface area contributed by atoms with E-state index in [0.717, 1.165) is 30.3 Å². The topological polar surface area (TPSA) is 71.3 Å². The summed E-state index contributed by atoms with van der Waals surface area (Å²) in [6.07, 6.45) is 7.37. The van der Waals surface area contributed by atoms with Crippen LogP contribution in [0.5, 0.6) is 0 Å². The van der Waals surface area contributed by atoms with Crippen molar-refractivity contribution in [3.8, 4) is 0 Å². The number of nitrogens with zero attached hydrogens (tertiary/aromatic N) is 1. The molecule has 0 unspecified atom stereocenters. The highest BCUT2D eigenvalue weighted by molar-refractivity contribution is 5.85. The number of hydrogen-bond donors (Lipinski definition) is 2. The number of hydrogen-bond acceptors (Lipinski definition) is 2. The summed E-state index contributed by atoms with van der Waals surface area (Å²) < 4.78 is 2.07. The molecular formula is C20H26N2O3. The van der Waals surface area contributed by atoms with Crippen molar-refractivity contribution in [3.05, 3.63) is 36.0 Å². The van der Waals surface area contributed by atoms with Gasteiger partial charge in [0.1, 0.15) is 0 Å². The normalized spacial score (nSPS) is 16.7. The smallest absolute Gasteiger partial charge is 0.311 e. The van der Waals surface area contributed by atoms with Crippen molar-refractivity contribution < 1.29 is 14.7 Å². The molecule has 2 N–H and O–H groups in total. The van der Waals surface area contributed by atoms with Gasteiger partial charge in [0.15, 0.2) is 0 Å². The molecule has 134 valence electrons. The van der Waals surface area contributed by atoms with Crippen LogP contribution in [0.2, 0.25) is 0 Å². The van der Waals surface area contributed by atoms with Gasteiger partial charge in [0.2, 0.25) is 5.91 Å². The van der Waals surface area contributed by atoms with Crippen molar-refractivity contribution in [2.24, 2.45) is 12.5 Å². The standard InChI is InChI=1S/C20H26N2O3/c1-22-13-15(16-7-3-4-8-17(16)22)9-10-18(23)21-14-20(19(24)25)11-5-2-6-12-20/h3-4,7-8,13H,2,5-6,9-12,14H2,1H3,(H,21,23)(H,24,25). The molecule has 0 bridgehead atoms. The van der Waals surface area contributed by atoms with Crippen LogP contribution in [-0.4, -0.2) is 28.1 Å². The number of carboxylic acids is 1. The molecule has 5 heteroatoms. The zero-order valence-electron chi connectivity index (χ0n) is 14.8. The Labute approximate surface area is 148 Å². The molecule has 0 radical (unpaired) electrons. The maximum Gasteiger partial charge on any atom is 0.311 e. The number of carboxylic acid groups (broad SMARTS) is 1. The number of para-hydroxylation sites is 1. The summed E-state index contributed by atoms with van der Waals surface area (Å²) in [7, 11) is 2.01. The highest BCUT2D eigenvalue weighted by atomic mass is 16.4. The lowest BCUT2D eigenvalue weighted by Crippen LogP contribution is -2.44. The summed E-state index contributed by atoms with van der Waals surface area (Å²) >= 11 is 0. The van der Waals surface area contributed by atoms with Gasteiger partial charge in [-0.2, -0.15) is 0 Å². The van der Waals surface area contributed by atoms with Crippen LogP contribution in [0.3, 0.4) is 0 Å². The molecule has 0 aliphatic heterocycles. The first kappa shape index (κ1) is 17.5. The van der Waals surface area contributed by atoms with Gasteiger partial charge in [0, 0.05) is 37.1 Å². The predicted molar refractivity (Wildman–Crippen MR) is 97.4 cm³/mol. The van der Waals surface area contributed by atoms with E-state index < -0.39 is 11.4 Å². The van der Waals surface area contributed by atoms with Gasteiger partial charge in [0.05, 0.1) is 5.41 Å². The average molecular weight is 342 g/mol. The van der Waals surface area contributed by atoms with Gasteiger partial charge in [-0.15, -0.1) is 0 Å². The average Bonchev–Trinajstić information content (AvgIpc) is 2.95. The number of aromatic nitrogens is 1. The molecule has 1 amide bonds. The monoisotopic (exact) mass is 342 g/mol. The second-order valence-corrected chi connectivity index (χ2v) is 7.21. The predicted octanol–water partition coefficient (Wildman–Crippen LogP) is 3.26. The van der Waals surface area contributed by atoms with Gasteiger partial charge >= 0.3 is 5.97 Å². The Bertz CT molecular complexity index is 772. The number of aliphatic carboxylic acids is 1. The van der Waals surface area contributed by atoms with Crippen LogP contribution in [0.4, 0.5) is 0 Å². The third-order valence-electron chi connectivity index (χ3n) is 5.49. The van der Waals surface area contributed by atoms with Gasteiger partial charge in [-0.3, -0.25) is 9.59 Å². The number of carbonyl (C=O) groups is 2. The van der Waals surface area contributed by atoms with E-state index >= 15 is 0 Å². The van der Waals surface area contributed by atoms with Crippen LogP contribution in [0, 0.1) is 5.41 Å². The first-order valence-corrected chi connectivity index (χ1v) is 9.05. The fourth-order valence-corrected chi connectivity index (χ4v) is 3.92. The Hall–Kier alpha value is -2.30. The molecule has 3 rings (SSSR count). The Balaban J connectivity index is 1.58. The first-order chi connectivity index (χ1) is 12.0. The molecule has 1 heterocycles. The molecular weight excluding hydrogens is 316 g/mol. The second-order valence-electron chi connectivity index (χ2n) is 7.21. The van der Waals surface area contributed by atoms with Crippen molar-refractivity contribution in [2.75, 3.05) is 6.54 Å². The maximum atomic E-state index is 12.3. The minimum absolute atomic E-state index is 0.0702. The Kier molecular flexibility index (Phi) is 5.11. The molecule has 1 saturated carbocycles. The third kappa shape index (κ3) is 3.70. The van der Waals surface area contributed by atoms with Crippen LogP contribution in [0.15, 0.2) is 30.5 Å². The van der Waals surface area contributed by atoms with Crippen LogP contribution in [0.1, 0.15) is 44.1 Å². The Morgan fingerprint density at radius 3 is 2.64 bits per heavy atom. The number of aryl methyl sites for hydroxylation is 2. The van der Waals surface area contributed by atoms with Crippen LogP contribution >= 0.6 is 0 Å². The van der Waals surface area contributed by atoms with E-state index in [2.05, 4.69) is 28.2 Å². The first-order valence-electron chi connectivity index (χ1n) is 9.05. The minimum atomic E-state index is -0.776. The quantitative estimate of drug-likeness (QED) is 0.846. The van der Waals surface area contributed by atoms with Gasteiger partial charge in [-0.25, -0.2) is 0 Å². The molecule has 2 aromatic rings. The zero-order valence-corrected chi connectivity index (χ0v) is 14.8. The summed E-state index contributed by atoms with van der Waals surface area (Å²) in [5, 5.41) is 13.6. The van der Waals surface area contributed by atoms with Gasteiger partial charge in [-0.1, -0.05) is 37.5 Å². The summed E-state index contributed by atoms with van der Waals surface area (Å²) in [4.78, 5) is 23.9. The molecule has 1 aromatic heterocycles. The fraction of sp³-hybridized carbons (Fsp3) is 0.500. The number of benzene rings is 1. The number of carbonyl (C=O) groups excluding carboxylic acids is 1. The van der Waals surface area contributed by atoms with Crippen molar-refractivity contribution in [1.82, 2.24) is 9.88 Å². The highest BCUT2D eigenvalue weighted by Crippen LogP contribution is 2.36. The van der Waals surface area contributed by atoms with E-state index in [1.54, 1.807) is 0 Å². The number of amides is 1. The minimum Gasteiger partial charge on any atom is -0.481 e. The lowest BCUT2D eigenvalue weighted by molar-refractivity contribution is -0.151. The molecule has 0 spiro atoms. The largest absolute Gasteiger partial charge is 0.481 e. The van der Waals surface area contributed by atoms with E-state index in [0.29, 0.717) is 25.7 Å². The van der Waals surface area contributed by atoms with E-state index in [-0.39, 0.29) is 12.5 Å². The lowest BCUT2D eigenvalue weighted by atomic mass is 9.74. The van der Waals surface area contributed by atoms with E-state index in [1.807, 2.05) is 19.2 Å². The number of nitrogens with one attached hydrogen (secondary N) is 1. The number of rotatable bonds is 6. The fourth-order valence-electron chi connectivity index (χ4n) is 3.92. The van der Waals surface area contributed by atoms with Gasteiger partial charge < -0.3 is 15.0 Å². The van der Waals surface area contributed by atoms with Crippen LogP contribution in [0.25, 0.3) is 10.9 Å². The molecule has 5 nitrogen and oxygen atoms in total. The van der Waals surface area contributed by atoms with Crippen LogP contribution < -0.4 is 5.32 Å². The molecule has 1 aliphatic carbocycles. The van der Waals surface area contributed by atoms with Gasteiger partial charge in [0.25, 0.3) is 0 Å². The highest BCUT2D eigenvalue weighted by Gasteiger charge is 2.39. The Morgan fingerprint density at radius 2 is 1.92 bits per heavy atom. The van der Waals surface area contributed by atoms with Crippen molar-refractivity contribution >= 4 is 22.8 Å². The summed E-state index contributed by atoms with van der Waals surface area (Å²) in [5.41, 5.74) is 1.54. The summed E-state index contributed by atoms with van der Waals surface area (Å²) in [5.74, 6) is -0.847. The van der Waals surface area contributed by atoms with Crippen molar-refractivity contribution in [2.45, 2.75) is 44.9 Å². The van der Waals surface area contributed by atoms with E-state index in [4.69, 9.17) is 0 Å². The molecule has 1 fully saturated rings. The Morgan fingerprint density at radius 1 is 1.20 bits per heavy atom. The molecule has 0 saturated heterocycles.